The van der Waals surface area contributed by atoms with Crippen molar-refractivity contribution < 1.29 is 13.2 Å². The van der Waals surface area contributed by atoms with Crippen LogP contribution in [0.2, 0.25) is 10.0 Å². The van der Waals surface area contributed by atoms with E-state index < -0.39 is 15.9 Å². The molecule has 1 heterocycles. The molecule has 0 spiro atoms. The normalized spacial score (nSPS) is 11.5. The van der Waals surface area contributed by atoms with E-state index in [4.69, 9.17) is 23.2 Å². The fourth-order valence-corrected chi connectivity index (χ4v) is 3.23. The van der Waals surface area contributed by atoms with E-state index in [1.807, 2.05) is 0 Å². The summed E-state index contributed by atoms with van der Waals surface area (Å²) in [6, 6.07) is 8.02. The maximum absolute atomic E-state index is 12.2. The van der Waals surface area contributed by atoms with E-state index in [1.165, 1.54) is 18.2 Å². The summed E-state index contributed by atoms with van der Waals surface area (Å²) >= 11 is 11.7. The first-order valence-electron chi connectivity index (χ1n) is 6.84. The first-order valence-corrected chi connectivity index (χ1v) is 9.44. The highest BCUT2D eigenvalue weighted by molar-refractivity contribution is 7.88. The lowest BCUT2D eigenvalue weighted by molar-refractivity contribution is -0.116. The minimum atomic E-state index is -3.57. The van der Waals surface area contributed by atoms with Crippen LogP contribution in [0.3, 0.4) is 0 Å². The van der Waals surface area contributed by atoms with Crippen molar-refractivity contribution in [3.8, 4) is 0 Å². The largest absolute Gasteiger partial charge is 0.325 e. The minimum absolute atomic E-state index is 0.0520. The monoisotopic (exact) mass is 387 g/mol. The maximum Gasteiger partial charge on any atom is 0.239 e. The average Bonchev–Trinajstić information content (AvgIpc) is 2.45. The summed E-state index contributed by atoms with van der Waals surface area (Å²) in [7, 11) is -3.57. The van der Waals surface area contributed by atoms with Gasteiger partial charge in [-0.05, 0) is 29.8 Å². The summed E-state index contributed by atoms with van der Waals surface area (Å²) in [6.07, 6.45) is 4.18. The van der Waals surface area contributed by atoms with Gasteiger partial charge in [0.05, 0.1) is 12.8 Å². The van der Waals surface area contributed by atoms with Crippen molar-refractivity contribution in [2.45, 2.75) is 6.54 Å². The highest BCUT2D eigenvalue weighted by Gasteiger charge is 2.20. The Morgan fingerprint density at radius 2 is 1.92 bits per heavy atom. The van der Waals surface area contributed by atoms with Gasteiger partial charge in [-0.25, -0.2) is 8.42 Å². The van der Waals surface area contributed by atoms with Crippen molar-refractivity contribution in [1.82, 2.24) is 9.29 Å². The third kappa shape index (κ3) is 5.76. The van der Waals surface area contributed by atoms with Gasteiger partial charge in [0.15, 0.2) is 0 Å². The molecule has 0 unspecified atom stereocenters. The average molecular weight is 388 g/mol. The van der Waals surface area contributed by atoms with Gasteiger partial charge in [0.2, 0.25) is 15.9 Å². The zero-order valence-electron chi connectivity index (χ0n) is 12.7. The quantitative estimate of drug-likeness (QED) is 0.826. The molecule has 2 aromatic rings. The number of hydrogen-bond donors (Lipinski definition) is 1. The van der Waals surface area contributed by atoms with Crippen LogP contribution in [-0.2, 0) is 21.4 Å². The number of halogens is 2. The van der Waals surface area contributed by atoms with Gasteiger partial charge in [-0.1, -0.05) is 29.3 Å². The fourth-order valence-electron chi connectivity index (χ4n) is 1.97. The second-order valence-electron chi connectivity index (χ2n) is 5.10. The molecule has 0 saturated carbocycles. The standard InChI is InChI=1S/C15H15Cl2N3O3S/c1-24(22,23)20(9-11-3-2-4-18-8-11)10-15(21)19-14-6-12(16)5-13(17)7-14/h2-8H,9-10H2,1H3,(H,19,21). The van der Waals surface area contributed by atoms with Gasteiger partial charge in [-0.3, -0.25) is 9.78 Å². The summed E-state index contributed by atoms with van der Waals surface area (Å²) in [5.74, 6) is -0.498. The third-order valence-corrected chi connectivity index (χ3v) is 4.65. The summed E-state index contributed by atoms with van der Waals surface area (Å²) in [5.41, 5.74) is 1.08. The zero-order chi connectivity index (χ0) is 17.7. The first kappa shape index (κ1) is 18.7. The van der Waals surface area contributed by atoms with E-state index in [1.54, 1.807) is 24.5 Å². The minimum Gasteiger partial charge on any atom is -0.325 e. The van der Waals surface area contributed by atoms with Crippen LogP contribution in [0.4, 0.5) is 5.69 Å². The number of pyridine rings is 1. The van der Waals surface area contributed by atoms with Crippen LogP contribution in [0.1, 0.15) is 5.56 Å². The van der Waals surface area contributed by atoms with Crippen molar-refractivity contribution in [3.63, 3.8) is 0 Å². The van der Waals surface area contributed by atoms with Crippen LogP contribution >= 0.6 is 23.2 Å². The molecule has 6 nitrogen and oxygen atoms in total. The number of nitrogens with zero attached hydrogens (tertiary/aromatic N) is 2. The Hall–Kier alpha value is -1.67. The number of anilines is 1. The number of benzene rings is 1. The number of carbonyl (C=O) groups is 1. The van der Waals surface area contributed by atoms with Gasteiger partial charge in [0.25, 0.3) is 0 Å². The Balaban J connectivity index is 2.10. The van der Waals surface area contributed by atoms with Gasteiger partial charge in [0.1, 0.15) is 0 Å². The molecule has 0 saturated heterocycles. The number of aromatic nitrogens is 1. The van der Waals surface area contributed by atoms with Gasteiger partial charge in [0, 0.05) is 34.7 Å². The predicted octanol–water partition coefficient (Wildman–Crippen LogP) is 2.79. The molecule has 0 fully saturated rings. The van der Waals surface area contributed by atoms with Crippen molar-refractivity contribution in [3.05, 3.63) is 58.3 Å². The number of nitrogens with one attached hydrogen (secondary N) is 1. The van der Waals surface area contributed by atoms with E-state index in [-0.39, 0.29) is 13.1 Å². The molecule has 0 bridgehead atoms. The molecule has 0 aliphatic carbocycles. The van der Waals surface area contributed by atoms with Gasteiger partial charge < -0.3 is 5.32 Å². The molecule has 1 N–H and O–H groups in total. The second kappa shape index (κ2) is 7.94. The number of carbonyl (C=O) groups excluding carboxylic acids is 1. The summed E-state index contributed by atoms with van der Waals surface area (Å²) in [5, 5.41) is 3.32. The molecule has 0 aliphatic rings. The molecule has 0 radical (unpaired) electrons. The lowest BCUT2D eigenvalue weighted by Crippen LogP contribution is -2.36. The molecular formula is C15H15Cl2N3O3S. The molecule has 24 heavy (non-hydrogen) atoms. The molecule has 2 rings (SSSR count). The first-order chi connectivity index (χ1) is 11.2. The predicted molar refractivity (Wildman–Crippen MR) is 94.6 cm³/mol. The molecule has 9 heteroatoms. The molecule has 1 aromatic heterocycles. The Morgan fingerprint density at radius 3 is 2.46 bits per heavy atom. The Morgan fingerprint density at radius 1 is 1.25 bits per heavy atom. The third-order valence-electron chi connectivity index (χ3n) is 3.02. The molecule has 1 aromatic carbocycles. The maximum atomic E-state index is 12.2. The Labute approximate surface area is 150 Å². The number of amides is 1. The van der Waals surface area contributed by atoms with Crippen molar-refractivity contribution >= 4 is 44.8 Å². The van der Waals surface area contributed by atoms with Gasteiger partial charge in [-0.2, -0.15) is 4.31 Å². The van der Waals surface area contributed by atoms with Crippen LogP contribution in [0, 0.1) is 0 Å². The molecule has 1 amide bonds. The lowest BCUT2D eigenvalue weighted by atomic mass is 10.3. The van der Waals surface area contributed by atoms with Crippen LogP contribution < -0.4 is 5.32 Å². The van der Waals surface area contributed by atoms with Crippen molar-refractivity contribution in [2.75, 3.05) is 18.1 Å². The SMILES string of the molecule is CS(=O)(=O)N(CC(=O)Nc1cc(Cl)cc(Cl)c1)Cc1cccnc1. The van der Waals surface area contributed by atoms with Crippen LogP contribution in [0.25, 0.3) is 0 Å². The molecule has 128 valence electrons. The highest BCUT2D eigenvalue weighted by atomic mass is 35.5. The van der Waals surface area contributed by atoms with Crippen LogP contribution in [-0.4, -0.2) is 36.4 Å². The zero-order valence-corrected chi connectivity index (χ0v) is 15.1. The van der Waals surface area contributed by atoms with Gasteiger partial charge >= 0.3 is 0 Å². The lowest BCUT2D eigenvalue weighted by Gasteiger charge is -2.19. The summed E-state index contributed by atoms with van der Waals surface area (Å²) in [4.78, 5) is 16.1. The molecule has 0 atom stereocenters. The van der Waals surface area contributed by atoms with E-state index in [9.17, 15) is 13.2 Å². The van der Waals surface area contributed by atoms with E-state index in [2.05, 4.69) is 10.3 Å². The molecular weight excluding hydrogens is 373 g/mol. The number of hydrogen-bond acceptors (Lipinski definition) is 4. The van der Waals surface area contributed by atoms with E-state index in [0.29, 0.717) is 21.3 Å². The van der Waals surface area contributed by atoms with E-state index >= 15 is 0 Å². The fraction of sp³-hybridized carbons (Fsp3) is 0.200. The Kier molecular flexibility index (Phi) is 6.17. The Bertz CT molecular complexity index is 809. The van der Waals surface area contributed by atoms with Crippen LogP contribution in [0.5, 0.6) is 0 Å². The summed E-state index contributed by atoms with van der Waals surface area (Å²) < 4.78 is 24.9. The van der Waals surface area contributed by atoms with Crippen molar-refractivity contribution in [1.29, 1.82) is 0 Å². The smallest absolute Gasteiger partial charge is 0.239 e. The second-order valence-corrected chi connectivity index (χ2v) is 7.95. The number of rotatable bonds is 6. The number of sulfonamides is 1. The topological polar surface area (TPSA) is 79.4 Å². The van der Waals surface area contributed by atoms with Gasteiger partial charge in [-0.15, -0.1) is 0 Å². The molecule has 0 aliphatic heterocycles. The van der Waals surface area contributed by atoms with E-state index in [0.717, 1.165) is 10.6 Å². The highest BCUT2D eigenvalue weighted by Crippen LogP contribution is 2.22. The summed E-state index contributed by atoms with van der Waals surface area (Å²) in [6.45, 7) is -0.283. The van der Waals surface area contributed by atoms with Crippen LogP contribution in [0.15, 0.2) is 42.7 Å². The van der Waals surface area contributed by atoms with Crippen molar-refractivity contribution in [2.24, 2.45) is 0 Å².